The van der Waals surface area contributed by atoms with Crippen LogP contribution in [0.1, 0.15) is 74.9 Å². The average molecular weight is 634 g/mol. The normalized spacial score (nSPS) is 21.1. The zero-order chi connectivity index (χ0) is 27.7. The van der Waals surface area contributed by atoms with Gasteiger partial charge >= 0.3 is 0 Å². The molecule has 4 aromatic rings. The van der Waals surface area contributed by atoms with Gasteiger partial charge in [0.05, 0.1) is 0 Å². The van der Waals surface area contributed by atoms with Crippen LogP contribution in [0.25, 0.3) is 11.1 Å². The summed E-state index contributed by atoms with van der Waals surface area (Å²) in [5.41, 5.74) is 3.11. The van der Waals surface area contributed by atoms with Gasteiger partial charge in [0.1, 0.15) is 0 Å². The molecule has 0 heterocycles. The summed E-state index contributed by atoms with van der Waals surface area (Å²) < 4.78 is 1.68. The average Bonchev–Trinajstić information content (AvgIpc) is 2.86. The summed E-state index contributed by atoms with van der Waals surface area (Å²) in [7, 11) is 0. The van der Waals surface area contributed by atoms with E-state index in [1.54, 1.807) is 0 Å². The van der Waals surface area contributed by atoms with Gasteiger partial charge in [-0.1, -0.05) is 134 Å². The van der Waals surface area contributed by atoms with Crippen LogP contribution in [-0.4, -0.2) is 10.2 Å². The molecule has 38 heavy (non-hydrogen) atoms. The highest BCUT2D eigenvalue weighted by molar-refractivity contribution is 9.10. The third kappa shape index (κ3) is 4.21. The number of hydrogen-bond donors (Lipinski definition) is 2. The molecule has 0 aliphatic heterocycles. The Kier molecular flexibility index (Phi) is 6.59. The van der Waals surface area contributed by atoms with Gasteiger partial charge in [-0.05, 0) is 68.5 Å². The van der Waals surface area contributed by atoms with Gasteiger partial charge in [0.25, 0.3) is 0 Å². The molecular formula is C34H34Br2O2. The lowest BCUT2D eigenvalue weighted by atomic mass is 9.60. The third-order valence-electron chi connectivity index (χ3n) is 7.89. The molecule has 1 aliphatic carbocycles. The molecule has 0 amide bonds. The van der Waals surface area contributed by atoms with Crippen molar-refractivity contribution in [2.24, 2.45) is 0 Å². The fourth-order valence-corrected chi connectivity index (χ4v) is 6.36. The Morgan fingerprint density at radius 1 is 0.500 bits per heavy atom. The molecule has 0 fully saturated rings. The summed E-state index contributed by atoms with van der Waals surface area (Å²) in [5, 5.41) is 26.1. The lowest BCUT2D eigenvalue weighted by molar-refractivity contribution is -0.114. The van der Waals surface area contributed by atoms with Crippen molar-refractivity contribution in [1.82, 2.24) is 0 Å². The van der Waals surface area contributed by atoms with Crippen molar-refractivity contribution in [3.05, 3.63) is 127 Å². The fraction of sp³-hybridized carbons (Fsp3) is 0.294. The van der Waals surface area contributed by atoms with Gasteiger partial charge in [-0.15, -0.1) is 0 Å². The zero-order valence-corrected chi connectivity index (χ0v) is 25.9. The Labute approximate surface area is 243 Å². The molecule has 0 saturated carbocycles. The lowest BCUT2D eigenvalue weighted by Crippen LogP contribution is -2.53. The molecule has 4 aromatic carbocycles. The van der Waals surface area contributed by atoms with Gasteiger partial charge in [0, 0.05) is 20.1 Å². The fourth-order valence-electron chi connectivity index (χ4n) is 5.64. The second-order valence-corrected chi connectivity index (χ2v) is 14.3. The van der Waals surface area contributed by atoms with Crippen molar-refractivity contribution in [1.29, 1.82) is 0 Å². The molecule has 2 N–H and O–H groups in total. The second-order valence-electron chi connectivity index (χ2n) is 12.5. The van der Waals surface area contributed by atoms with Gasteiger partial charge in [-0.2, -0.15) is 0 Å². The highest BCUT2D eigenvalue weighted by Gasteiger charge is 2.58. The Bertz CT molecular complexity index is 1390. The van der Waals surface area contributed by atoms with Gasteiger partial charge in [-0.3, -0.25) is 0 Å². The van der Waals surface area contributed by atoms with Crippen LogP contribution in [-0.2, 0) is 22.0 Å². The predicted octanol–water partition coefficient (Wildman–Crippen LogP) is 8.96. The number of aliphatic hydroxyl groups is 2. The second kappa shape index (κ2) is 9.16. The smallest absolute Gasteiger partial charge is 0.152 e. The highest BCUT2D eigenvalue weighted by Crippen LogP contribution is 2.58. The molecule has 196 valence electrons. The summed E-state index contributed by atoms with van der Waals surface area (Å²) in [5.74, 6) is 0. The molecule has 4 heteroatoms. The maximum absolute atomic E-state index is 13.1. The Morgan fingerprint density at radius 2 is 0.816 bits per heavy atom. The van der Waals surface area contributed by atoms with E-state index in [4.69, 9.17) is 0 Å². The van der Waals surface area contributed by atoms with Crippen LogP contribution < -0.4 is 0 Å². The lowest BCUT2D eigenvalue weighted by Gasteiger charge is -2.50. The number of benzene rings is 4. The Hall–Kier alpha value is -2.24. The van der Waals surface area contributed by atoms with E-state index in [-0.39, 0.29) is 10.8 Å². The standard InChI is InChI=1S/C34H34Br2O2/c1-31(2,3)21-7-11-23(12-8-21)33(37)29-19-25(35)15-17-27(29)28-18-16-26(36)20-30(28)34(33,38)24-13-9-22(10-14-24)32(4,5)6/h7-20,37-38H,1-6H3. The van der Waals surface area contributed by atoms with Crippen LogP contribution in [0.15, 0.2) is 93.9 Å². The molecule has 0 bridgehead atoms. The van der Waals surface area contributed by atoms with Crippen LogP contribution in [0.4, 0.5) is 0 Å². The molecule has 5 rings (SSSR count). The van der Waals surface area contributed by atoms with Crippen LogP contribution in [0.2, 0.25) is 0 Å². The summed E-state index contributed by atoms with van der Waals surface area (Å²) in [6, 6.07) is 28.0. The minimum atomic E-state index is -1.76. The van der Waals surface area contributed by atoms with Crippen LogP contribution in [0.3, 0.4) is 0 Å². The SMILES string of the molecule is CC(C)(C)c1ccc(C2(O)c3cc(Br)ccc3-c3ccc(Br)cc3C2(O)c2ccc(C(C)(C)C)cc2)cc1. The zero-order valence-electron chi connectivity index (χ0n) is 22.7. The van der Waals surface area contributed by atoms with Crippen molar-refractivity contribution in [3.8, 4) is 11.1 Å². The summed E-state index contributed by atoms with van der Waals surface area (Å²) in [4.78, 5) is 0. The van der Waals surface area contributed by atoms with Gasteiger partial charge in [-0.25, -0.2) is 0 Å². The number of hydrogen-bond acceptors (Lipinski definition) is 2. The minimum absolute atomic E-state index is 0.0365. The van der Waals surface area contributed by atoms with E-state index < -0.39 is 11.2 Å². The molecule has 2 nitrogen and oxygen atoms in total. The first kappa shape index (κ1) is 27.3. The van der Waals surface area contributed by atoms with Crippen molar-refractivity contribution in [2.75, 3.05) is 0 Å². The Balaban J connectivity index is 1.87. The van der Waals surface area contributed by atoms with Crippen molar-refractivity contribution >= 4 is 31.9 Å². The van der Waals surface area contributed by atoms with Crippen LogP contribution in [0.5, 0.6) is 0 Å². The Morgan fingerprint density at radius 3 is 1.11 bits per heavy atom. The topological polar surface area (TPSA) is 40.5 Å². The molecule has 0 spiro atoms. The first-order chi connectivity index (χ1) is 17.7. The molecule has 0 aromatic heterocycles. The summed E-state index contributed by atoms with van der Waals surface area (Å²) >= 11 is 7.26. The quantitative estimate of drug-likeness (QED) is 0.231. The maximum Gasteiger partial charge on any atom is 0.152 e. The summed E-state index contributed by atoms with van der Waals surface area (Å²) in [6.45, 7) is 13.0. The molecular weight excluding hydrogens is 600 g/mol. The van der Waals surface area contributed by atoms with Gasteiger partial charge in [0.2, 0.25) is 0 Å². The molecule has 0 radical (unpaired) electrons. The van der Waals surface area contributed by atoms with Crippen molar-refractivity contribution < 1.29 is 10.2 Å². The van der Waals surface area contributed by atoms with E-state index in [0.29, 0.717) is 22.3 Å². The minimum Gasteiger partial charge on any atom is -0.377 e. The summed E-state index contributed by atoms with van der Waals surface area (Å²) in [6.07, 6.45) is 0. The van der Waals surface area contributed by atoms with E-state index >= 15 is 0 Å². The van der Waals surface area contributed by atoms with Gasteiger partial charge in [0.15, 0.2) is 11.2 Å². The first-order valence-corrected chi connectivity index (χ1v) is 14.5. The number of fused-ring (bicyclic) bond motifs is 3. The van der Waals surface area contributed by atoms with E-state index in [0.717, 1.165) is 31.2 Å². The van der Waals surface area contributed by atoms with Crippen LogP contribution >= 0.6 is 31.9 Å². The molecule has 1 aliphatic rings. The van der Waals surface area contributed by atoms with Gasteiger partial charge < -0.3 is 10.2 Å². The molecule has 2 atom stereocenters. The first-order valence-electron chi connectivity index (χ1n) is 12.9. The third-order valence-corrected chi connectivity index (χ3v) is 8.88. The number of rotatable bonds is 2. The van der Waals surface area contributed by atoms with E-state index in [9.17, 15) is 10.2 Å². The van der Waals surface area contributed by atoms with E-state index in [1.807, 2.05) is 60.7 Å². The largest absolute Gasteiger partial charge is 0.377 e. The number of halogens is 2. The van der Waals surface area contributed by atoms with E-state index in [2.05, 4.69) is 97.7 Å². The van der Waals surface area contributed by atoms with Crippen LogP contribution in [0, 0.1) is 0 Å². The van der Waals surface area contributed by atoms with Crippen molar-refractivity contribution in [3.63, 3.8) is 0 Å². The monoisotopic (exact) mass is 632 g/mol. The molecule has 0 saturated heterocycles. The predicted molar refractivity (Wildman–Crippen MR) is 164 cm³/mol. The maximum atomic E-state index is 13.1. The highest BCUT2D eigenvalue weighted by atomic mass is 79.9. The van der Waals surface area contributed by atoms with Crippen molar-refractivity contribution in [2.45, 2.75) is 63.6 Å². The van der Waals surface area contributed by atoms with E-state index in [1.165, 1.54) is 0 Å². The molecule has 2 unspecified atom stereocenters.